The molecule has 2 aromatic carbocycles. The predicted octanol–water partition coefficient (Wildman–Crippen LogP) is 3.33. The summed E-state index contributed by atoms with van der Waals surface area (Å²) in [5.41, 5.74) is 2.03. The molecule has 1 aromatic heterocycles. The van der Waals surface area contributed by atoms with Crippen LogP contribution >= 0.6 is 0 Å². The third-order valence-corrected chi connectivity index (χ3v) is 6.53. The Hall–Kier alpha value is -3.41. The Balaban J connectivity index is 1.21. The molecule has 144 valence electrons. The largest absolute Gasteiger partial charge is 0.456 e. The van der Waals surface area contributed by atoms with Gasteiger partial charge in [0.15, 0.2) is 0 Å². The molecule has 2 bridgehead atoms. The van der Waals surface area contributed by atoms with Crippen LogP contribution in [0.3, 0.4) is 0 Å². The first-order valence-electron chi connectivity index (χ1n) is 9.85. The van der Waals surface area contributed by atoms with Crippen LogP contribution in [0.4, 0.5) is 5.69 Å². The first-order valence-corrected chi connectivity index (χ1v) is 9.85. The van der Waals surface area contributed by atoms with E-state index in [0.29, 0.717) is 11.3 Å². The zero-order valence-electron chi connectivity index (χ0n) is 15.5. The molecule has 0 radical (unpaired) electrons. The molecule has 0 spiro atoms. The summed E-state index contributed by atoms with van der Waals surface area (Å²) in [5.74, 6) is -1.08. The van der Waals surface area contributed by atoms with Crippen LogP contribution in [0, 0.1) is 23.7 Å². The van der Waals surface area contributed by atoms with E-state index in [9.17, 15) is 14.4 Å². The van der Waals surface area contributed by atoms with Gasteiger partial charge in [-0.1, -0.05) is 30.4 Å². The van der Waals surface area contributed by atoms with E-state index in [1.807, 2.05) is 42.5 Å². The number of carbonyl (C=O) groups excluding carboxylic acids is 3. The molecule has 6 rings (SSSR count). The Morgan fingerprint density at radius 2 is 1.66 bits per heavy atom. The van der Waals surface area contributed by atoms with Crippen LogP contribution in [-0.4, -0.2) is 29.2 Å². The summed E-state index contributed by atoms with van der Waals surface area (Å²) in [6.07, 6.45) is 4.97. The molecule has 3 aromatic rings. The first kappa shape index (κ1) is 16.5. The summed E-state index contributed by atoms with van der Waals surface area (Å²) in [5, 5.41) is 4.78. The van der Waals surface area contributed by atoms with Crippen molar-refractivity contribution < 1.29 is 18.8 Å². The second kappa shape index (κ2) is 5.80. The number of nitrogens with one attached hydrogen (secondary N) is 1. The molecular formula is C23H18N2O4. The summed E-state index contributed by atoms with van der Waals surface area (Å²) < 4.78 is 5.85. The molecule has 3 aliphatic rings. The second-order valence-electron chi connectivity index (χ2n) is 8.12. The third kappa shape index (κ3) is 2.32. The fourth-order valence-corrected chi connectivity index (χ4v) is 5.27. The van der Waals surface area contributed by atoms with Crippen molar-refractivity contribution in [1.82, 2.24) is 4.90 Å². The normalized spacial score (nSPS) is 27.4. The van der Waals surface area contributed by atoms with Crippen LogP contribution in [0.25, 0.3) is 21.9 Å². The number of hydrogen-bond donors (Lipinski definition) is 1. The van der Waals surface area contributed by atoms with E-state index in [1.165, 1.54) is 0 Å². The zero-order valence-corrected chi connectivity index (χ0v) is 15.5. The zero-order chi connectivity index (χ0) is 19.7. The summed E-state index contributed by atoms with van der Waals surface area (Å²) in [7, 11) is 0. The van der Waals surface area contributed by atoms with Gasteiger partial charge in [0.1, 0.15) is 17.7 Å². The molecule has 4 atom stereocenters. The van der Waals surface area contributed by atoms with Crippen LogP contribution < -0.4 is 5.32 Å². The van der Waals surface area contributed by atoms with Gasteiger partial charge in [-0.3, -0.25) is 19.3 Å². The number of anilines is 1. The number of para-hydroxylation sites is 1. The highest BCUT2D eigenvalue weighted by Crippen LogP contribution is 2.52. The maximum absolute atomic E-state index is 12.7. The molecule has 6 nitrogen and oxygen atoms in total. The molecule has 2 heterocycles. The maximum Gasteiger partial charge on any atom is 0.244 e. The summed E-state index contributed by atoms with van der Waals surface area (Å²) in [4.78, 5) is 39.1. The lowest BCUT2D eigenvalue weighted by atomic mass is 9.85. The maximum atomic E-state index is 12.7. The van der Waals surface area contributed by atoms with Crippen molar-refractivity contribution >= 4 is 45.3 Å². The van der Waals surface area contributed by atoms with Crippen LogP contribution in [0.2, 0.25) is 0 Å². The number of carbonyl (C=O) groups is 3. The summed E-state index contributed by atoms with van der Waals surface area (Å²) >= 11 is 0. The number of benzene rings is 2. The smallest absolute Gasteiger partial charge is 0.244 e. The van der Waals surface area contributed by atoms with Crippen LogP contribution in [0.15, 0.2) is 59.0 Å². The molecule has 0 unspecified atom stereocenters. The molecule has 6 heteroatoms. The minimum absolute atomic E-state index is 0.144. The SMILES string of the molecule is O=C(CN1C(=O)[C@@H]2[C@H](C1=O)[C@@H]1C=C[C@H]2C1)Nc1ccc2c(c1)oc1ccccc12. The summed E-state index contributed by atoms with van der Waals surface area (Å²) in [6, 6.07) is 13.2. The number of nitrogens with zero attached hydrogens (tertiary/aromatic N) is 1. The Bertz CT molecular complexity index is 1210. The van der Waals surface area contributed by atoms with E-state index < -0.39 is 0 Å². The lowest BCUT2D eigenvalue weighted by molar-refractivity contribution is -0.143. The standard InChI is InChI=1S/C23H18N2O4/c26-19(11-25-22(27)20-12-5-6-13(9-12)21(20)23(25)28)24-14-7-8-16-15-3-1-2-4-17(15)29-18(16)10-14/h1-8,10,12-13,20-21H,9,11H2,(H,24,26)/t12-,13+,20-,21+. The average molecular weight is 386 g/mol. The lowest BCUT2D eigenvalue weighted by Gasteiger charge is -2.16. The van der Waals surface area contributed by atoms with Gasteiger partial charge in [0.05, 0.1) is 11.8 Å². The summed E-state index contributed by atoms with van der Waals surface area (Å²) in [6.45, 7) is -0.248. The number of fused-ring (bicyclic) bond motifs is 8. The number of likely N-dealkylation sites (tertiary alicyclic amines) is 1. The molecule has 1 saturated carbocycles. The van der Waals surface area contributed by atoms with Gasteiger partial charge >= 0.3 is 0 Å². The van der Waals surface area contributed by atoms with Gasteiger partial charge in [-0.25, -0.2) is 0 Å². The third-order valence-electron chi connectivity index (χ3n) is 6.53. The fraction of sp³-hybridized carbons (Fsp3) is 0.261. The fourth-order valence-electron chi connectivity index (χ4n) is 5.27. The number of imide groups is 1. The number of amides is 3. The Labute approximate surface area is 166 Å². The van der Waals surface area contributed by atoms with Crippen molar-refractivity contribution in [2.75, 3.05) is 11.9 Å². The van der Waals surface area contributed by atoms with Gasteiger partial charge in [0.25, 0.3) is 0 Å². The monoisotopic (exact) mass is 386 g/mol. The minimum atomic E-state index is -0.387. The van der Waals surface area contributed by atoms with Crippen LogP contribution in [-0.2, 0) is 14.4 Å². The highest BCUT2D eigenvalue weighted by molar-refractivity contribution is 6.10. The van der Waals surface area contributed by atoms with Crippen molar-refractivity contribution in [1.29, 1.82) is 0 Å². The Morgan fingerprint density at radius 1 is 0.966 bits per heavy atom. The molecule has 29 heavy (non-hydrogen) atoms. The molecule has 1 aliphatic heterocycles. The van der Waals surface area contributed by atoms with Gasteiger partial charge in [0.2, 0.25) is 17.7 Å². The topological polar surface area (TPSA) is 79.6 Å². The number of rotatable bonds is 3. The van der Waals surface area contributed by atoms with E-state index in [4.69, 9.17) is 4.42 Å². The van der Waals surface area contributed by atoms with Crippen molar-refractivity contribution in [2.24, 2.45) is 23.7 Å². The first-order chi connectivity index (χ1) is 14.1. The van der Waals surface area contributed by atoms with Crippen molar-refractivity contribution in [3.05, 3.63) is 54.6 Å². The van der Waals surface area contributed by atoms with Gasteiger partial charge in [0, 0.05) is 22.5 Å². The predicted molar refractivity (Wildman–Crippen MR) is 107 cm³/mol. The average Bonchev–Trinajstić information content (AvgIpc) is 3.46. The number of allylic oxidation sites excluding steroid dienone is 2. The highest BCUT2D eigenvalue weighted by atomic mass is 16.3. The van der Waals surface area contributed by atoms with E-state index in [2.05, 4.69) is 5.32 Å². The van der Waals surface area contributed by atoms with Gasteiger partial charge in [-0.15, -0.1) is 0 Å². The van der Waals surface area contributed by atoms with Gasteiger partial charge < -0.3 is 9.73 Å². The van der Waals surface area contributed by atoms with Crippen molar-refractivity contribution in [2.45, 2.75) is 6.42 Å². The molecule has 2 aliphatic carbocycles. The van der Waals surface area contributed by atoms with Crippen LogP contribution in [0.1, 0.15) is 6.42 Å². The molecule has 2 fully saturated rings. The quantitative estimate of drug-likeness (QED) is 0.553. The number of hydrogen-bond acceptors (Lipinski definition) is 4. The molecule has 1 saturated heterocycles. The highest BCUT2D eigenvalue weighted by Gasteiger charge is 2.59. The van der Waals surface area contributed by atoms with Crippen molar-refractivity contribution in [3.8, 4) is 0 Å². The Morgan fingerprint density at radius 3 is 2.41 bits per heavy atom. The van der Waals surface area contributed by atoms with E-state index in [-0.39, 0.29) is 47.9 Å². The van der Waals surface area contributed by atoms with E-state index in [1.54, 1.807) is 12.1 Å². The van der Waals surface area contributed by atoms with Gasteiger partial charge in [-0.2, -0.15) is 0 Å². The minimum Gasteiger partial charge on any atom is -0.456 e. The molecule has 1 N–H and O–H groups in total. The van der Waals surface area contributed by atoms with Crippen LogP contribution in [0.5, 0.6) is 0 Å². The van der Waals surface area contributed by atoms with E-state index in [0.717, 1.165) is 27.7 Å². The second-order valence-corrected chi connectivity index (χ2v) is 8.12. The molecular weight excluding hydrogens is 368 g/mol. The van der Waals surface area contributed by atoms with Gasteiger partial charge in [-0.05, 0) is 36.5 Å². The molecule has 3 amide bonds. The van der Waals surface area contributed by atoms with Crippen molar-refractivity contribution in [3.63, 3.8) is 0 Å². The lowest BCUT2D eigenvalue weighted by Crippen LogP contribution is -2.39. The Kier molecular flexibility index (Phi) is 3.30. The van der Waals surface area contributed by atoms with E-state index >= 15 is 0 Å². The number of furan rings is 1.